The smallest absolute Gasteiger partial charge is 0.311 e. The normalized spacial score (nSPS) is 10.8. The Morgan fingerprint density at radius 2 is 1.49 bits per heavy atom. The number of nitro groups is 3. The van der Waals surface area contributed by atoms with Crippen molar-refractivity contribution in [1.29, 1.82) is 0 Å². The van der Waals surface area contributed by atoms with E-state index in [-0.39, 0.29) is 33.9 Å². The lowest BCUT2D eigenvalue weighted by molar-refractivity contribution is -0.385. The quantitative estimate of drug-likeness (QED) is 0.245. The number of amides is 2. The molecule has 0 heterocycles. The Bertz CT molecular complexity index is 1450. The molecule has 0 saturated carbocycles. The second-order valence-corrected chi connectivity index (χ2v) is 7.27. The van der Waals surface area contributed by atoms with Crippen LogP contribution in [0.3, 0.4) is 0 Å². The third-order valence-electron chi connectivity index (χ3n) is 4.84. The van der Waals surface area contributed by atoms with Gasteiger partial charge in [0.1, 0.15) is 5.70 Å². The van der Waals surface area contributed by atoms with Crippen LogP contribution in [0.25, 0.3) is 6.08 Å². The number of nitro benzene ring substituents is 3. The predicted molar refractivity (Wildman–Crippen MR) is 130 cm³/mol. The lowest BCUT2D eigenvalue weighted by Gasteiger charge is -2.12. The number of hydrogen-bond acceptors (Lipinski definition) is 9. The summed E-state index contributed by atoms with van der Waals surface area (Å²) in [7, 11) is 1.22. The molecule has 0 aliphatic heterocycles. The Hall–Kier alpha value is -5.66. The first-order chi connectivity index (χ1) is 17.6. The number of ether oxygens (including phenoxy) is 1. The Labute approximate surface area is 207 Å². The van der Waals surface area contributed by atoms with Gasteiger partial charge in [0.05, 0.1) is 21.9 Å². The second kappa shape index (κ2) is 11.2. The number of hydrogen-bond donors (Lipinski definition) is 2. The van der Waals surface area contributed by atoms with E-state index in [9.17, 15) is 39.9 Å². The third-order valence-corrected chi connectivity index (χ3v) is 4.84. The first-order valence-corrected chi connectivity index (χ1v) is 10.2. The van der Waals surface area contributed by atoms with Crippen LogP contribution in [0.5, 0.6) is 5.75 Å². The highest BCUT2D eigenvalue weighted by atomic mass is 16.6. The maximum Gasteiger partial charge on any atom is 0.311 e. The van der Waals surface area contributed by atoms with Crippen LogP contribution in [-0.4, -0.2) is 33.7 Å². The van der Waals surface area contributed by atoms with Gasteiger partial charge in [0, 0.05) is 41.6 Å². The number of methoxy groups -OCH3 is 1. The van der Waals surface area contributed by atoms with Crippen molar-refractivity contribution >= 4 is 40.6 Å². The number of nitrogens with zero attached hydrogens (tertiary/aromatic N) is 3. The summed E-state index contributed by atoms with van der Waals surface area (Å²) < 4.78 is 4.91. The van der Waals surface area contributed by atoms with Crippen LogP contribution in [0.15, 0.2) is 72.4 Å². The molecule has 3 aromatic carbocycles. The van der Waals surface area contributed by atoms with Gasteiger partial charge in [-0.2, -0.15) is 0 Å². The van der Waals surface area contributed by atoms with Crippen LogP contribution in [-0.2, 0) is 4.79 Å². The van der Waals surface area contributed by atoms with E-state index in [1.165, 1.54) is 55.6 Å². The summed E-state index contributed by atoms with van der Waals surface area (Å²) in [4.78, 5) is 57.4. The summed E-state index contributed by atoms with van der Waals surface area (Å²) in [6.07, 6.45) is 1.15. The largest absolute Gasteiger partial charge is 0.490 e. The number of non-ortho nitro benzene ring substituents is 2. The highest BCUT2D eigenvalue weighted by molar-refractivity contribution is 6.10. The zero-order chi connectivity index (χ0) is 27.1. The van der Waals surface area contributed by atoms with Crippen molar-refractivity contribution in [2.24, 2.45) is 0 Å². The minimum Gasteiger partial charge on any atom is -0.490 e. The number of carbonyl (C=O) groups is 2. The molecule has 0 saturated heterocycles. The van der Waals surface area contributed by atoms with E-state index in [0.717, 1.165) is 24.3 Å². The topological polar surface area (TPSA) is 197 Å². The number of rotatable bonds is 9. The molecule has 0 fully saturated rings. The minimum atomic E-state index is -0.914. The monoisotopic (exact) mass is 507 g/mol. The molecule has 0 atom stereocenters. The molecule has 0 bridgehead atoms. The number of benzene rings is 3. The minimum absolute atomic E-state index is 0.0403. The summed E-state index contributed by atoms with van der Waals surface area (Å²) >= 11 is 0. The molecule has 3 aromatic rings. The van der Waals surface area contributed by atoms with Gasteiger partial charge in [-0.1, -0.05) is 18.2 Å². The Morgan fingerprint density at radius 3 is 2.11 bits per heavy atom. The maximum atomic E-state index is 13.0. The Morgan fingerprint density at radius 1 is 0.838 bits per heavy atom. The summed E-state index contributed by atoms with van der Waals surface area (Å²) in [5, 5.41) is 38.2. The van der Waals surface area contributed by atoms with Crippen molar-refractivity contribution < 1.29 is 29.1 Å². The molecule has 0 aliphatic carbocycles. The van der Waals surface area contributed by atoms with Crippen molar-refractivity contribution in [2.45, 2.75) is 0 Å². The van der Waals surface area contributed by atoms with E-state index in [1.54, 1.807) is 0 Å². The maximum absolute atomic E-state index is 13.0. The summed E-state index contributed by atoms with van der Waals surface area (Å²) in [6.45, 7) is 0. The lowest BCUT2D eigenvalue weighted by atomic mass is 10.1. The van der Waals surface area contributed by atoms with Gasteiger partial charge in [-0.3, -0.25) is 39.9 Å². The average Bonchev–Trinajstić information content (AvgIpc) is 2.88. The number of anilines is 1. The van der Waals surface area contributed by atoms with E-state index in [0.29, 0.717) is 0 Å². The number of nitrogens with one attached hydrogen (secondary N) is 2. The van der Waals surface area contributed by atoms with Gasteiger partial charge < -0.3 is 15.4 Å². The fourth-order valence-electron chi connectivity index (χ4n) is 3.12. The van der Waals surface area contributed by atoms with Gasteiger partial charge in [-0.25, -0.2) is 0 Å². The van der Waals surface area contributed by atoms with Crippen molar-refractivity contribution in [3.63, 3.8) is 0 Å². The predicted octanol–water partition coefficient (Wildman–Crippen LogP) is 3.83. The molecule has 0 unspecified atom stereocenters. The highest BCUT2D eigenvalue weighted by Gasteiger charge is 2.21. The highest BCUT2D eigenvalue weighted by Crippen LogP contribution is 2.27. The van der Waals surface area contributed by atoms with E-state index in [2.05, 4.69) is 10.6 Å². The number of carbonyl (C=O) groups excluding carboxylic acids is 2. The van der Waals surface area contributed by atoms with Gasteiger partial charge in [0.15, 0.2) is 5.75 Å². The fourth-order valence-corrected chi connectivity index (χ4v) is 3.12. The molecule has 0 spiro atoms. The standard InChI is InChI=1S/C23H17N5O9/c1-37-21-9-8-15(12-20(21)28(35)36)22(29)25-19(11-14-4-2-6-17(10-14)26(31)32)23(30)24-16-5-3-7-18(13-16)27(33)34/h2-13H,1H3,(H,24,30)(H,25,29). The zero-order valence-corrected chi connectivity index (χ0v) is 18.9. The fraction of sp³-hybridized carbons (Fsp3) is 0.0435. The molecular weight excluding hydrogens is 490 g/mol. The molecule has 3 rings (SSSR count). The third kappa shape index (κ3) is 6.48. The first-order valence-electron chi connectivity index (χ1n) is 10.2. The molecule has 2 amide bonds. The van der Waals surface area contributed by atoms with Crippen LogP contribution in [0.4, 0.5) is 22.7 Å². The van der Waals surface area contributed by atoms with Crippen molar-refractivity contribution in [3.05, 3.63) is 114 Å². The SMILES string of the molecule is COc1ccc(C(=O)NC(=Cc2cccc([N+](=O)[O-])c2)C(=O)Nc2cccc([N+](=O)[O-])c2)cc1[N+](=O)[O-]. The van der Waals surface area contributed by atoms with Gasteiger partial charge in [0.2, 0.25) is 0 Å². The molecule has 188 valence electrons. The average molecular weight is 507 g/mol. The lowest BCUT2D eigenvalue weighted by Crippen LogP contribution is -2.30. The van der Waals surface area contributed by atoms with Gasteiger partial charge >= 0.3 is 5.69 Å². The van der Waals surface area contributed by atoms with E-state index >= 15 is 0 Å². The van der Waals surface area contributed by atoms with Gasteiger partial charge in [-0.05, 0) is 29.8 Å². The van der Waals surface area contributed by atoms with Crippen molar-refractivity contribution in [2.75, 3.05) is 12.4 Å². The van der Waals surface area contributed by atoms with Crippen LogP contribution in [0.1, 0.15) is 15.9 Å². The van der Waals surface area contributed by atoms with Crippen LogP contribution < -0.4 is 15.4 Å². The van der Waals surface area contributed by atoms with E-state index in [4.69, 9.17) is 4.74 Å². The zero-order valence-electron chi connectivity index (χ0n) is 18.9. The van der Waals surface area contributed by atoms with Crippen LogP contribution in [0, 0.1) is 30.3 Å². The second-order valence-electron chi connectivity index (χ2n) is 7.27. The molecule has 14 nitrogen and oxygen atoms in total. The van der Waals surface area contributed by atoms with Crippen LogP contribution >= 0.6 is 0 Å². The van der Waals surface area contributed by atoms with Crippen LogP contribution in [0.2, 0.25) is 0 Å². The Kier molecular flexibility index (Phi) is 7.84. The van der Waals surface area contributed by atoms with Gasteiger partial charge in [0.25, 0.3) is 23.2 Å². The van der Waals surface area contributed by atoms with Crippen molar-refractivity contribution in [3.8, 4) is 5.75 Å². The van der Waals surface area contributed by atoms with E-state index in [1.807, 2.05) is 0 Å². The first kappa shape index (κ1) is 26.0. The molecule has 2 N–H and O–H groups in total. The van der Waals surface area contributed by atoms with E-state index < -0.39 is 38.0 Å². The molecule has 0 radical (unpaired) electrons. The summed E-state index contributed by atoms with van der Waals surface area (Å²) in [5.74, 6) is -1.91. The molecule has 0 aliphatic rings. The molecule has 37 heavy (non-hydrogen) atoms. The summed E-state index contributed by atoms with van der Waals surface area (Å²) in [6, 6.07) is 13.6. The van der Waals surface area contributed by atoms with Gasteiger partial charge in [-0.15, -0.1) is 0 Å². The molecule has 0 aromatic heterocycles. The molecular formula is C23H17N5O9. The summed E-state index contributed by atoms with van der Waals surface area (Å²) in [5.41, 5.74) is -1.41. The molecule has 14 heteroatoms. The Balaban J connectivity index is 1.99. The van der Waals surface area contributed by atoms with Crippen molar-refractivity contribution in [1.82, 2.24) is 5.32 Å².